The van der Waals surface area contributed by atoms with Crippen LogP contribution < -0.4 is 0 Å². The first-order valence-corrected chi connectivity index (χ1v) is 7.58. The Morgan fingerprint density at radius 3 is 2.36 bits per heavy atom. The largest absolute Gasteiger partial charge is 0.248 e. The molecule has 1 heteroatoms. The topological polar surface area (TPSA) is 12.9 Å². The molecule has 1 aromatic heterocycles. The van der Waals surface area contributed by atoms with E-state index in [9.17, 15) is 0 Å². The summed E-state index contributed by atoms with van der Waals surface area (Å²) in [6.07, 6.45) is 0. The van der Waals surface area contributed by atoms with E-state index in [4.69, 9.17) is 4.98 Å². The first-order chi connectivity index (χ1) is 10.7. The van der Waals surface area contributed by atoms with Gasteiger partial charge in [-0.2, -0.15) is 0 Å². The van der Waals surface area contributed by atoms with Gasteiger partial charge in [-0.1, -0.05) is 54.1 Å². The van der Waals surface area contributed by atoms with Gasteiger partial charge < -0.3 is 0 Å². The highest BCUT2D eigenvalue weighted by Gasteiger charge is 2.08. The molecule has 0 unspecified atom stereocenters. The van der Waals surface area contributed by atoms with Crippen molar-refractivity contribution in [1.82, 2.24) is 4.98 Å². The van der Waals surface area contributed by atoms with Crippen LogP contribution >= 0.6 is 0 Å². The Morgan fingerprint density at radius 1 is 0.682 bits per heavy atom. The van der Waals surface area contributed by atoms with Crippen LogP contribution in [0.25, 0.3) is 32.9 Å². The van der Waals surface area contributed by atoms with E-state index in [2.05, 4.69) is 74.5 Å². The number of nitrogens with zero attached hydrogens (tertiary/aromatic N) is 1. The van der Waals surface area contributed by atoms with E-state index in [-0.39, 0.29) is 0 Å². The van der Waals surface area contributed by atoms with E-state index in [0.29, 0.717) is 0 Å². The summed E-state index contributed by atoms with van der Waals surface area (Å²) in [6.45, 7) is 4.31. The van der Waals surface area contributed by atoms with Gasteiger partial charge >= 0.3 is 0 Å². The number of hydrogen-bond acceptors (Lipinski definition) is 1. The van der Waals surface area contributed by atoms with Gasteiger partial charge in [0.15, 0.2) is 0 Å². The van der Waals surface area contributed by atoms with Gasteiger partial charge in [0.05, 0.1) is 11.0 Å². The molecule has 0 atom stereocenters. The van der Waals surface area contributed by atoms with Gasteiger partial charge in [-0.25, -0.2) is 4.98 Å². The van der Waals surface area contributed by atoms with Crippen molar-refractivity contribution in [3.05, 3.63) is 77.9 Å². The third-order valence-corrected chi connectivity index (χ3v) is 4.23. The van der Waals surface area contributed by atoms with Crippen molar-refractivity contribution in [1.29, 1.82) is 0 Å². The van der Waals surface area contributed by atoms with Gasteiger partial charge in [-0.05, 0) is 48.7 Å². The highest BCUT2D eigenvalue weighted by molar-refractivity contribution is 6.01. The third-order valence-electron chi connectivity index (χ3n) is 4.23. The maximum Gasteiger partial charge on any atom is 0.0715 e. The molecule has 106 valence electrons. The van der Waals surface area contributed by atoms with E-state index in [1.807, 2.05) is 6.07 Å². The van der Waals surface area contributed by atoms with Gasteiger partial charge in [-0.3, -0.25) is 0 Å². The van der Waals surface area contributed by atoms with E-state index in [1.54, 1.807) is 0 Å². The maximum absolute atomic E-state index is 4.81. The number of rotatable bonds is 1. The average Bonchev–Trinajstić information content (AvgIpc) is 2.53. The van der Waals surface area contributed by atoms with Crippen molar-refractivity contribution < 1.29 is 0 Å². The molecule has 0 saturated heterocycles. The Bertz CT molecular complexity index is 999. The van der Waals surface area contributed by atoms with E-state index in [1.165, 1.54) is 33.0 Å². The minimum atomic E-state index is 1.05. The van der Waals surface area contributed by atoms with Gasteiger partial charge in [-0.15, -0.1) is 0 Å². The molecule has 4 aromatic rings. The van der Waals surface area contributed by atoms with Crippen molar-refractivity contribution >= 4 is 21.8 Å². The summed E-state index contributed by atoms with van der Waals surface area (Å²) in [7, 11) is 0. The number of aromatic nitrogens is 1. The molecule has 0 N–H and O–H groups in total. The van der Waals surface area contributed by atoms with Crippen LogP contribution in [-0.4, -0.2) is 4.98 Å². The minimum Gasteiger partial charge on any atom is -0.248 e. The van der Waals surface area contributed by atoms with Crippen LogP contribution in [0.3, 0.4) is 0 Å². The molecule has 1 nitrogen and oxygen atoms in total. The standard InChI is InChI=1S/C21H17N/c1-14-10-11-17(15(2)12-14)18-7-5-9-21-19(18)13-16-6-3-4-8-20(16)22-21/h3-13H,1-2H3. The van der Waals surface area contributed by atoms with E-state index < -0.39 is 0 Å². The quantitative estimate of drug-likeness (QED) is 0.410. The monoisotopic (exact) mass is 283 g/mol. The summed E-state index contributed by atoms with van der Waals surface area (Å²) < 4.78 is 0. The molecule has 3 aromatic carbocycles. The summed E-state index contributed by atoms with van der Waals surface area (Å²) in [5, 5.41) is 2.40. The second-order valence-corrected chi connectivity index (χ2v) is 5.87. The Hall–Kier alpha value is -2.67. The lowest BCUT2D eigenvalue weighted by Crippen LogP contribution is -1.89. The Kier molecular flexibility index (Phi) is 2.93. The molecule has 4 rings (SSSR count). The van der Waals surface area contributed by atoms with Gasteiger partial charge in [0.25, 0.3) is 0 Å². The zero-order valence-electron chi connectivity index (χ0n) is 12.8. The van der Waals surface area contributed by atoms with Crippen molar-refractivity contribution in [2.75, 3.05) is 0 Å². The van der Waals surface area contributed by atoms with Crippen molar-refractivity contribution in [2.24, 2.45) is 0 Å². The first kappa shape index (κ1) is 13.0. The Morgan fingerprint density at radius 2 is 1.50 bits per heavy atom. The molecule has 0 fully saturated rings. The molecule has 0 aliphatic carbocycles. The third kappa shape index (κ3) is 2.06. The first-order valence-electron chi connectivity index (χ1n) is 7.58. The van der Waals surface area contributed by atoms with Crippen LogP contribution in [0.5, 0.6) is 0 Å². The summed E-state index contributed by atoms with van der Waals surface area (Å²) in [5.41, 5.74) is 7.25. The van der Waals surface area contributed by atoms with E-state index in [0.717, 1.165) is 11.0 Å². The fourth-order valence-corrected chi connectivity index (χ4v) is 3.15. The molecule has 0 spiro atoms. The van der Waals surface area contributed by atoms with Gasteiger partial charge in [0.2, 0.25) is 0 Å². The molecule has 0 aliphatic heterocycles. The van der Waals surface area contributed by atoms with Crippen LogP contribution in [0.1, 0.15) is 11.1 Å². The highest BCUT2D eigenvalue weighted by atomic mass is 14.7. The SMILES string of the molecule is Cc1ccc(-c2cccc3nc4ccccc4cc23)c(C)c1. The van der Waals surface area contributed by atoms with Crippen LogP contribution in [0.4, 0.5) is 0 Å². The molecule has 0 bridgehead atoms. The molecule has 1 heterocycles. The van der Waals surface area contributed by atoms with Crippen molar-refractivity contribution in [2.45, 2.75) is 13.8 Å². The molecule has 22 heavy (non-hydrogen) atoms. The van der Waals surface area contributed by atoms with Crippen LogP contribution in [0, 0.1) is 13.8 Å². The number of benzene rings is 3. The molecular formula is C21H17N. The number of para-hydroxylation sites is 1. The molecule has 0 aliphatic rings. The van der Waals surface area contributed by atoms with E-state index >= 15 is 0 Å². The van der Waals surface area contributed by atoms with Crippen LogP contribution in [-0.2, 0) is 0 Å². The molecule has 0 amide bonds. The summed E-state index contributed by atoms with van der Waals surface area (Å²) in [5.74, 6) is 0. The van der Waals surface area contributed by atoms with Crippen LogP contribution in [0.2, 0.25) is 0 Å². The fourth-order valence-electron chi connectivity index (χ4n) is 3.15. The average molecular weight is 283 g/mol. The minimum absolute atomic E-state index is 1.05. The zero-order chi connectivity index (χ0) is 15.1. The van der Waals surface area contributed by atoms with Gasteiger partial charge in [0, 0.05) is 10.8 Å². The highest BCUT2D eigenvalue weighted by Crippen LogP contribution is 2.32. The smallest absolute Gasteiger partial charge is 0.0715 e. The van der Waals surface area contributed by atoms with Crippen LogP contribution in [0.15, 0.2) is 66.7 Å². The lowest BCUT2D eigenvalue weighted by Gasteiger charge is -2.11. The number of pyridine rings is 1. The number of hydrogen-bond donors (Lipinski definition) is 0. The predicted octanol–water partition coefficient (Wildman–Crippen LogP) is 5.67. The lowest BCUT2D eigenvalue weighted by atomic mass is 9.95. The number of fused-ring (bicyclic) bond motifs is 2. The summed E-state index contributed by atoms with van der Waals surface area (Å²) in [6, 6.07) is 23.6. The Labute approximate surface area is 130 Å². The summed E-state index contributed by atoms with van der Waals surface area (Å²) >= 11 is 0. The molecule has 0 radical (unpaired) electrons. The lowest BCUT2D eigenvalue weighted by molar-refractivity contribution is 1.38. The zero-order valence-corrected chi connectivity index (χ0v) is 12.8. The second kappa shape index (κ2) is 4.96. The Balaban J connectivity index is 2.07. The van der Waals surface area contributed by atoms with Gasteiger partial charge in [0.1, 0.15) is 0 Å². The predicted molar refractivity (Wildman–Crippen MR) is 94.2 cm³/mol. The molecular weight excluding hydrogens is 266 g/mol. The normalized spacial score (nSPS) is 11.2. The number of aryl methyl sites for hydroxylation is 2. The maximum atomic E-state index is 4.81. The molecule has 0 saturated carbocycles. The second-order valence-electron chi connectivity index (χ2n) is 5.87. The van der Waals surface area contributed by atoms with Crippen molar-refractivity contribution in [3.8, 4) is 11.1 Å². The summed E-state index contributed by atoms with van der Waals surface area (Å²) in [4.78, 5) is 4.81. The fraction of sp³-hybridized carbons (Fsp3) is 0.0952. The van der Waals surface area contributed by atoms with Crippen molar-refractivity contribution in [3.63, 3.8) is 0 Å².